The number of hydrogen-bond donors (Lipinski definition) is 3. The van der Waals surface area contributed by atoms with Crippen molar-refractivity contribution >= 4 is 11.7 Å². The van der Waals surface area contributed by atoms with Crippen molar-refractivity contribution in [2.75, 3.05) is 5.73 Å². The number of nitrogens with zero attached hydrogens (tertiary/aromatic N) is 1. The summed E-state index contributed by atoms with van der Waals surface area (Å²) < 4.78 is 0. The smallest absolute Gasteiger partial charge is 0.256 e. The van der Waals surface area contributed by atoms with Gasteiger partial charge in [0.25, 0.3) is 5.91 Å². The summed E-state index contributed by atoms with van der Waals surface area (Å²) >= 11 is 0. The number of anilines is 1. The summed E-state index contributed by atoms with van der Waals surface area (Å²) in [6.07, 6.45) is 4.82. The molecule has 4 N–H and O–H groups in total. The Morgan fingerprint density at radius 2 is 2.06 bits per heavy atom. The second-order valence-electron chi connectivity index (χ2n) is 5.29. The third-order valence-corrected chi connectivity index (χ3v) is 3.43. The first-order valence-corrected chi connectivity index (χ1v) is 6.16. The number of aromatic amines is 1. The van der Waals surface area contributed by atoms with Crippen LogP contribution in [-0.4, -0.2) is 22.1 Å². The molecule has 1 aromatic heterocycles. The fourth-order valence-corrected chi connectivity index (χ4v) is 2.81. The van der Waals surface area contributed by atoms with Crippen LogP contribution in [0.25, 0.3) is 0 Å². The van der Waals surface area contributed by atoms with Crippen molar-refractivity contribution in [1.29, 1.82) is 0 Å². The highest BCUT2D eigenvalue weighted by Gasteiger charge is 2.26. The SMILES string of the molecule is CC1CC(C)CC(NC(=O)c2cn[nH]c2N)C1. The number of carbonyl (C=O) groups is 1. The van der Waals surface area contributed by atoms with Gasteiger partial charge in [0.05, 0.1) is 6.20 Å². The van der Waals surface area contributed by atoms with E-state index in [0.29, 0.717) is 23.2 Å². The van der Waals surface area contributed by atoms with Crippen LogP contribution in [0.2, 0.25) is 0 Å². The topological polar surface area (TPSA) is 83.8 Å². The molecule has 2 unspecified atom stereocenters. The van der Waals surface area contributed by atoms with E-state index in [0.717, 1.165) is 12.8 Å². The molecule has 5 heteroatoms. The lowest BCUT2D eigenvalue weighted by atomic mass is 9.80. The first-order chi connectivity index (χ1) is 8.06. The predicted octanol–water partition coefficient (Wildman–Crippen LogP) is 1.55. The van der Waals surface area contributed by atoms with Gasteiger partial charge < -0.3 is 11.1 Å². The summed E-state index contributed by atoms with van der Waals surface area (Å²) in [5, 5.41) is 9.37. The molecule has 17 heavy (non-hydrogen) atoms. The van der Waals surface area contributed by atoms with Crippen LogP contribution in [-0.2, 0) is 0 Å². The first-order valence-electron chi connectivity index (χ1n) is 6.16. The zero-order chi connectivity index (χ0) is 12.4. The van der Waals surface area contributed by atoms with Crippen LogP contribution in [0.15, 0.2) is 6.20 Å². The Morgan fingerprint density at radius 1 is 1.41 bits per heavy atom. The van der Waals surface area contributed by atoms with E-state index in [-0.39, 0.29) is 11.9 Å². The molecule has 0 aromatic carbocycles. The molecular formula is C12H20N4O. The lowest BCUT2D eigenvalue weighted by Crippen LogP contribution is -2.40. The van der Waals surface area contributed by atoms with Gasteiger partial charge in [-0.2, -0.15) is 5.10 Å². The van der Waals surface area contributed by atoms with E-state index < -0.39 is 0 Å². The second kappa shape index (κ2) is 4.77. The molecule has 1 aliphatic rings. The van der Waals surface area contributed by atoms with E-state index in [1.54, 1.807) is 0 Å². The predicted molar refractivity (Wildman–Crippen MR) is 66.4 cm³/mol. The lowest BCUT2D eigenvalue weighted by molar-refractivity contribution is 0.0912. The van der Waals surface area contributed by atoms with Crippen LogP contribution in [0.1, 0.15) is 43.5 Å². The largest absolute Gasteiger partial charge is 0.383 e. The summed E-state index contributed by atoms with van der Waals surface area (Å²) in [6.45, 7) is 4.47. The number of nitrogens with two attached hydrogens (primary N) is 1. The summed E-state index contributed by atoms with van der Waals surface area (Å²) in [4.78, 5) is 12.0. The van der Waals surface area contributed by atoms with Gasteiger partial charge in [0.2, 0.25) is 0 Å². The number of aromatic nitrogens is 2. The first kappa shape index (κ1) is 12.0. The average molecular weight is 236 g/mol. The minimum absolute atomic E-state index is 0.123. The molecule has 1 saturated carbocycles. The van der Waals surface area contributed by atoms with Crippen molar-refractivity contribution in [3.63, 3.8) is 0 Å². The van der Waals surface area contributed by atoms with E-state index >= 15 is 0 Å². The highest BCUT2D eigenvalue weighted by molar-refractivity contribution is 5.98. The molecule has 0 radical (unpaired) electrons. The van der Waals surface area contributed by atoms with Crippen molar-refractivity contribution in [1.82, 2.24) is 15.5 Å². The molecule has 94 valence electrons. The Bertz CT molecular complexity index is 391. The van der Waals surface area contributed by atoms with Gasteiger partial charge in [-0.1, -0.05) is 13.8 Å². The van der Waals surface area contributed by atoms with E-state index in [1.165, 1.54) is 12.6 Å². The number of hydrogen-bond acceptors (Lipinski definition) is 3. The molecule has 1 heterocycles. The Labute approximate surface area is 101 Å². The van der Waals surface area contributed by atoms with Crippen molar-refractivity contribution in [3.8, 4) is 0 Å². The van der Waals surface area contributed by atoms with E-state index in [4.69, 9.17) is 5.73 Å². The third-order valence-electron chi connectivity index (χ3n) is 3.43. The highest BCUT2D eigenvalue weighted by atomic mass is 16.1. The van der Waals surface area contributed by atoms with Gasteiger partial charge in [-0.15, -0.1) is 0 Å². The van der Waals surface area contributed by atoms with Gasteiger partial charge in [0.1, 0.15) is 11.4 Å². The molecule has 1 amide bonds. The quantitative estimate of drug-likeness (QED) is 0.728. The van der Waals surface area contributed by atoms with Gasteiger partial charge in [-0.05, 0) is 31.1 Å². The molecule has 1 aromatic rings. The molecule has 0 bridgehead atoms. The van der Waals surface area contributed by atoms with E-state index in [2.05, 4.69) is 29.4 Å². The molecule has 0 aliphatic heterocycles. The van der Waals surface area contributed by atoms with Gasteiger partial charge in [-0.3, -0.25) is 9.89 Å². The normalized spacial score (nSPS) is 28.9. The van der Waals surface area contributed by atoms with Gasteiger partial charge in [0, 0.05) is 6.04 Å². The average Bonchev–Trinajstić information content (AvgIpc) is 2.62. The van der Waals surface area contributed by atoms with E-state index in [9.17, 15) is 4.79 Å². The minimum Gasteiger partial charge on any atom is -0.383 e. The van der Waals surface area contributed by atoms with Crippen molar-refractivity contribution in [3.05, 3.63) is 11.8 Å². The van der Waals surface area contributed by atoms with Crippen LogP contribution >= 0.6 is 0 Å². The van der Waals surface area contributed by atoms with Crippen molar-refractivity contribution < 1.29 is 4.79 Å². The molecule has 0 saturated heterocycles. The Kier molecular flexibility index (Phi) is 3.36. The van der Waals surface area contributed by atoms with Crippen LogP contribution in [0.3, 0.4) is 0 Å². The van der Waals surface area contributed by atoms with Crippen molar-refractivity contribution in [2.45, 2.75) is 39.2 Å². The number of nitrogens with one attached hydrogen (secondary N) is 2. The highest BCUT2D eigenvalue weighted by Crippen LogP contribution is 2.28. The van der Waals surface area contributed by atoms with Crippen molar-refractivity contribution in [2.24, 2.45) is 11.8 Å². The van der Waals surface area contributed by atoms with Crippen LogP contribution in [0.4, 0.5) is 5.82 Å². The third kappa shape index (κ3) is 2.78. The fraction of sp³-hybridized carbons (Fsp3) is 0.667. The number of amides is 1. The zero-order valence-electron chi connectivity index (χ0n) is 10.4. The Balaban J connectivity index is 1.97. The standard InChI is InChI=1S/C12H20N4O/c1-7-3-8(2)5-9(4-7)15-12(17)10-6-14-16-11(10)13/h6-9H,3-5H2,1-2H3,(H,15,17)(H3,13,14,16). The maximum absolute atomic E-state index is 12.0. The van der Waals surface area contributed by atoms with Gasteiger partial charge in [-0.25, -0.2) is 0 Å². The number of H-pyrrole nitrogens is 1. The van der Waals surface area contributed by atoms with Crippen LogP contribution in [0, 0.1) is 11.8 Å². The molecule has 1 fully saturated rings. The summed E-state index contributed by atoms with van der Waals surface area (Å²) in [5.41, 5.74) is 6.06. The monoisotopic (exact) mass is 236 g/mol. The maximum atomic E-state index is 12.0. The Morgan fingerprint density at radius 3 is 2.59 bits per heavy atom. The molecule has 2 atom stereocenters. The molecule has 0 spiro atoms. The number of rotatable bonds is 2. The number of nitrogen functional groups attached to an aromatic ring is 1. The van der Waals surface area contributed by atoms with Gasteiger partial charge in [0.15, 0.2) is 0 Å². The van der Waals surface area contributed by atoms with Crippen LogP contribution in [0.5, 0.6) is 0 Å². The Hall–Kier alpha value is -1.52. The maximum Gasteiger partial charge on any atom is 0.256 e. The van der Waals surface area contributed by atoms with Gasteiger partial charge >= 0.3 is 0 Å². The second-order valence-corrected chi connectivity index (χ2v) is 5.29. The summed E-state index contributed by atoms with van der Waals surface area (Å²) in [6, 6.07) is 0.260. The molecular weight excluding hydrogens is 216 g/mol. The minimum atomic E-state index is -0.123. The molecule has 5 nitrogen and oxygen atoms in total. The zero-order valence-corrected chi connectivity index (χ0v) is 10.4. The summed E-state index contributed by atoms with van der Waals surface area (Å²) in [5.74, 6) is 1.55. The van der Waals surface area contributed by atoms with E-state index in [1.807, 2.05) is 0 Å². The lowest BCUT2D eigenvalue weighted by Gasteiger charge is -2.31. The molecule has 1 aliphatic carbocycles. The molecule has 2 rings (SSSR count). The fourth-order valence-electron chi connectivity index (χ4n) is 2.81. The number of carbonyl (C=O) groups excluding carboxylic acids is 1. The summed E-state index contributed by atoms with van der Waals surface area (Å²) in [7, 11) is 0. The van der Waals surface area contributed by atoms with Crippen LogP contribution < -0.4 is 11.1 Å².